The van der Waals surface area contributed by atoms with Crippen molar-refractivity contribution in [3.05, 3.63) is 34.3 Å². The van der Waals surface area contributed by atoms with Gasteiger partial charge < -0.3 is 0 Å². The van der Waals surface area contributed by atoms with Crippen LogP contribution in [0.1, 0.15) is 5.56 Å². The first-order valence-corrected chi connectivity index (χ1v) is 4.87. The van der Waals surface area contributed by atoms with Crippen LogP contribution in [0.15, 0.2) is 38.7 Å². The summed E-state index contributed by atoms with van der Waals surface area (Å²) in [6, 6.07) is 7.39. The lowest BCUT2D eigenvalue weighted by atomic mass is 10.0. The van der Waals surface area contributed by atoms with Gasteiger partial charge in [0.2, 0.25) is 5.66 Å². The molecule has 0 amide bonds. The molecule has 3 nitrogen and oxygen atoms in total. The van der Waals surface area contributed by atoms with Gasteiger partial charge in [0.1, 0.15) is 0 Å². The van der Waals surface area contributed by atoms with E-state index in [2.05, 4.69) is 25.9 Å². The Morgan fingerprint density at radius 2 is 1.71 bits per heavy atom. The molecule has 70 valence electrons. The molecule has 0 fully saturated rings. The number of hydrogen-bond acceptors (Lipinski definition) is 3. The molecule has 14 heavy (non-hydrogen) atoms. The summed E-state index contributed by atoms with van der Waals surface area (Å²) in [6.45, 7) is 0. The van der Waals surface area contributed by atoms with Crippen molar-refractivity contribution in [2.75, 3.05) is 0 Å². The van der Waals surface area contributed by atoms with E-state index >= 15 is 0 Å². The van der Waals surface area contributed by atoms with E-state index in [-0.39, 0.29) is 0 Å². The van der Waals surface area contributed by atoms with Gasteiger partial charge in [-0.25, -0.2) is 9.98 Å². The minimum atomic E-state index is -1.04. The first-order valence-electron chi connectivity index (χ1n) is 4.08. The standard InChI is InChI=1S/C10H7BrN2O/c11-9-3-1-8(2-4-9)10(7-14)12-5-6-13-10/h1-7H. The quantitative estimate of drug-likeness (QED) is 0.740. The van der Waals surface area contributed by atoms with Crippen molar-refractivity contribution in [2.45, 2.75) is 5.66 Å². The van der Waals surface area contributed by atoms with Crippen molar-refractivity contribution in [1.82, 2.24) is 0 Å². The molecule has 1 heterocycles. The lowest BCUT2D eigenvalue weighted by molar-refractivity contribution is -0.112. The van der Waals surface area contributed by atoms with E-state index in [0.29, 0.717) is 0 Å². The van der Waals surface area contributed by atoms with Crippen molar-refractivity contribution in [3.63, 3.8) is 0 Å². The van der Waals surface area contributed by atoms with Gasteiger partial charge in [-0.15, -0.1) is 0 Å². The fraction of sp³-hybridized carbons (Fsp3) is 0.100. The van der Waals surface area contributed by atoms with Crippen LogP contribution in [0, 0.1) is 0 Å². The van der Waals surface area contributed by atoms with Crippen molar-refractivity contribution in [2.24, 2.45) is 9.98 Å². The third-order valence-corrected chi connectivity index (χ3v) is 2.57. The molecule has 0 saturated carbocycles. The van der Waals surface area contributed by atoms with Crippen LogP contribution in [0.5, 0.6) is 0 Å². The summed E-state index contributed by atoms with van der Waals surface area (Å²) in [5.74, 6) is 0. The van der Waals surface area contributed by atoms with Gasteiger partial charge in [-0.05, 0) is 12.1 Å². The smallest absolute Gasteiger partial charge is 0.231 e. The zero-order valence-corrected chi connectivity index (χ0v) is 8.81. The molecule has 0 atom stereocenters. The zero-order chi connectivity index (χ0) is 10.0. The van der Waals surface area contributed by atoms with E-state index < -0.39 is 5.66 Å². The molecule has 0 aromatic heterocycles. The molecule has 1 aromatic carbocycles. The first kappa shape index (κ1) is 9.27. The Balaban J connectivity index is 2.47. The maximum Gasteiger partial charge on any atom is 0.231 e. The Morgan fingerprint density at radius 3 is 2.21 bits per heavy atom. The van der Waals surface area contributed by atoms with E-state index in [4.69, 9.17) is 0 Å². The summed E-state index contributed by atoms with van der Waals surface area (Å²) in [7, 11) is 0. The highest BCUT2D eigenvalue weighted by Crippen LogP contribution is 2.27. The van der Waals surface area contributed by atoms with Crippen LogP contribution in [0.2, 0.25) is 0 Å². The number of hydrogen-bond donors (Lipinski definition) is 0. The van der Waals surface area contributed by atoms with E-state index in [9.17, 15) is 4.79 Å². The van der Waals surface area contributed by atoms with Crippen LogP contribution < -0.4 is 0 Å². The first-order chi connectivity index (χ1) is 6.77. The maximum atomic E-state index is 11.0. The van der Waals surface area contributed by atoms with E-state index in [1.165, 1.54) is 12.4 Å². The molecule has 1 aliphatic heterocycles. The summed E-state index contributed by atoms with van der Waals surface area (Å²) in [6.07, 6.45) is 3.82. The number of nitrogens with zero attached hydrogens (tertiary/aromatic N) is 2. The molecule has 0 bridgehead atoms. The van der Waals surface area contributed by atoms with Crippen LogP contribution in [0.3, 0.4) is 0 Å². The maximum absolute atomic E-state index is 11.0. The molecular formula is C10H7BrN2O. The van der Waals surface area contributed by atoms with Crippen molar-refractivity contribution < 1.29 is 4.79 Å². The second kappa shape index (κ2) is 3.46. The van der Waals surface area contributed by atoms with Crippen LogP contribution >= 0.6 is 15.9 Å². The molecular weight excluding hydrogens is 244 g/mol. The zero-order valence-electron chi connectivity index (χ0n) is 7.22. The SMILES string of the molecule is O=CC1(c2ccc(Br)cc2)N=CC=N1. The molecule has 2 rings (SSSR count). The van der Waals surface area contributed by atoms with Gasteiger partial charge in [-0.2, -0.15) is 0 Å². The molecule has 0 spiro atoms. The van der Waals surface area contributed by atoms with Crippen molar-refractivity contribution in [3.8, 4) is 0 Å². The van der Waals surface area contributed by atoms with Gasteiger partial charge in [-0.3, -0.25) is 4.79 Å². The van der Waals surface area contributed by atoms with Crippen molar-refractivity contribution >= 4 is 34.6 Å². The molecule has 4 heteroatoms. The normalized spacial score (nSPS) is 17.2. The average molecular weight is 251 g/mol. The van der Waals surface area contributed by atoms with Gasteiger partial charge in [0.15, 0.2) is 6.29 Å². The van der Waals surface area contributed by atoms with Gasteiger partial charge >= 0.3 is 0 Å². The Bertz CT molecular complexity index is 397. The molecule has 0 saturated heterocycles. The third kappa shape index (κ3) is 1.42. The number of aliphatic imine (C=N–C) groups is 2. The molecule has 0 unspecified atom stereocenters. The van der Waals surface area contributed by atoms with Gasteiger partial charge in [0, 0.05) is 22.5 Å². The molecule has 1 aromatic rings. The Hall–Kier alpha value is -1.29. The molecule has 0 N–H and O–H groups in total. The number of benzene rings is 1. The Labute approximate surface area is 89.7 Å². The topological polar surface area (TPSA) is 41.8 Å². The predicted molar refractivity (Wildman–Crippen MR) is 58.9 cm³/mol. The van der Waals surface area contributed by atoms with Crippen LogP contribution in [-0.4, -0.2) is 18.7 Å². The summed E-state index contributed by atoms with van der Waals surface area (Å²) < 4.78 is 0.966. The minimum Gasteiger partial charge on any atom is -0.298 e. The lowest BCUT2D eigenvalue weighted by Gasteiger charge is -2.15. The number of rotatable bonds is 2. The number of carbonyl (C=O) groups is 1. The van der Waals surface area contributed by atoms with Crippen LogP contribution in [-0.2, 0) is 10.5 Å². The second-order valence-electron chi connectivity index (χ2n) is 2.91. The average Bonchev–Trinajstić information content (AvgIpc) is 2.68. The second-order valence-corrected chi connectivity index (χ2v) is 3.82. The number of halogens is 1. The van der Waals surface area contributed by atoms with Crippen LogP contribution in [0.25, 0.3) is 0 Å². The summed E-state index contributed by atoms with van der Waals surface area (Å²) >= 11 is 3.33. The monoisotopic (exact) mass is 250 g/mol. The fourth-order valence-corrected chi connectivity index (χ4v) is 1.56. The Kier molecular flexibility index (Phi) is 2.29. The van der Waals surface area contributed by atoms with Crippen molar-refractivity contribution in [1.29, 1.82) is 0 Å². The third-order valence-electron chi connectivity index (χ3n) is 2.04. The van der Waals surface area contributed by atoms with E-state index in [0.717, 1.165) is 16.3 Å². The predicted octanol–water partition coefficient (Wildman–Crippen LogP) is 1.96. The highest BCUT2D eigenvalue weighted by Gasteiger charge is 2.31. The van der Waals surface area contributed by atoms with Gasteiger partial charge in [0.05, 0.1) is 0 Å². The Morgan fingerprint density at radius 1 is 1.14 bits per heavy atom. The molecule has 1 aliphatic rings. The summed E-state index contributed by atoms with van der Waals surface area (Å²) in [5.41, 5.74) is -0.263. The highest BCUT2D eigenvalue weighted by molar-refractivity contribution is 9.10. The number of aldehydes is 1. The van der Waals surface area contributed by atoms with Crippen LogP contribution in [0.4, 0.5) is 0 Å². The molecule has 0 aliphatic carbocycles. The lowest BCUT2D eigenvalue weighted by Crippen LogP contribution is -2.20. The fourth-order valence-electron chi connectivity index (χ4n) is 1.30. The van der Waals surface area contributed by atoms with E-state index in [1.54, 1.807) is 0 Å². The largest absolute Gasteiger partial charge is 0.298 e. The van der Waals surface area contributed by atoms with Gasteiger partial charge in [-0.1, -0.05) is 28.1 Å². The van der Waals surface area contributed by atoms with E-state index in [1.807, 2.05) is 24.3 Å². The summed E-state index contributed by atoms with van der Waals surface area (Å²) in [5, 5.41) is 0. The molecule has 0 radical (unpaired) electrons. The van der Waals surface area contributed by atoms with Gasteiger partial charge in [0.25, 0.3) is 0 Å². The number of carbonyl (C=O) groups excluding carboxylic acids is 1. The highest BCUT2D eigenvalue weighted by atomic mass is 79.9. The minimum absolute atomic E-state index is 0.746. The summed E-state index contributed by atoms with van der Waals surface area (Å²) in [4.78, 5) is 19.1.